The summed E-state index contributed by atoms with van der Waals surface area (Å²) in [7, 11) is -3.78. The van der Waals surface area contributed by atoms with E-state index in [0.29, 0.717) is 36.4 Å². The number of carbonyl (C=O) groups is 2. The number of nitriles is 1. The maximum atomic E-state index is 14.0. The van der Waals surface area contributed by atoms with E-state index in [1.54, 1.807) is 46.8 Å². The second-order valence-corrected chi connectivity index (χ2v) is 13.5. The van der Waals surface area contributed by atoms with Crippen LogP contribution in [0, 0.1) is 23.2 Å². The Morgan fingerprint density at radius 3 is 2.04 bits per heavy atom. The third-order valence-electron chi connectivity index (χ3n) is 8.16. The van der Waals surface area contributed by atoms with Crippen molar-refractivity contribution < 1.29 is 18.0 Å². The van der Waals surface area contributed by atoms with E-state index in [9.17, 15) is 23.3 Å². The molecule has 4 N–H and O–H groups in total. The highest BCUT2D eigenvalue weighted by molar-refractivity contribution is 7.89. The van der Waals surface area contributed by atoms with E-state index < -0.39 is 15.9 Å². The number of carbonyl (C=O) groups excluding carboxylic acids is 2. The van der Waals surface area contributed by atoms with E-state index in [4.69, 9.17) is 5.73 Å². The van der Waals surface area contributed by atoms with E-state index in [1.165, 1.54) is 19.1 Å². The van der Waals surface area contributed by atoms with Crippen molar-refractivity contribution in [3.05, 3.63) is 59.7 Å². The number of benzene rings is 2. The lowest BCUT2D eigenvalue weighted by Crippen LogP contribution is -2.39. The van der Waals surface area contributed by atoms with E-state index >= 15 is 0 Å². The van der Waals surface area contributed by atoms with Crippen LogP contribution in [0.5, 0.6) is 0 Å². The topological polar surface area (TPSA) is 158 Å². The van der Waals surface area contributed by atoms with Crippen LogP contribution in [0.3, 0.4) is 0 Å². The van der Waals surface area contributed by atoms with E-state index in [1.807, 2.05) is 0 Å². The van der Waals surface area contributed by atoms with Crippen LogP contribution >= 0.6 is 0 Å². The van der Waals surface area contributed by atoms with Gasteiger partial charge in [0.25, 0.3) is 5.91 Å². The number of hydrogen-bond acceptors (Lipinski definition) is 8. The molecule has 0 spiro atoms. The fourth-order valence-electron chi connectivity index (χ4n) is 5.09. The van der Waals surface area contributed by atoms with E-state index in [0.717, 1.165) is 51.4 Å². The van der Waals surface area contributed by atoms with Crippen molar-refractivity contribution in [3.8, 4) is 6.07 Å². The van der Waals surface area contributed by atoms with Gasteiger partial charge in [-0.3, -0.25) is 15.0 Å². The molecule has 2 aromatic carbocycles. The molecular formula is C35H50N6O4S. The molecule has 2 unspecified atom stereocenters. The fourth-order valence-corrected chi connectivity index (χ4v) is 6.68. The average Bonchev–Trinajstić information content (AvgIpc) is 3.04. The van der Waals surface area contributed by atoms with Gasteiger partial charge in [0.15, 0.2) is 12.0 Å². The van der Waals surface area contributed by atoms with Gasteiger partial charge in [-0.2, -0.15) is 14.7 Å². The lowest BCUT2D eigenvalue weighted by Gasteiger charge is -2.30. The summed E-state index contributed by atoms with van der Waals surface area (Å²) in [6, 6.07) is 14.5. The van der Waals surface area contributed by atoms with Gasteiger partial charge in [0, 0.05) is 30.0 Å². The number of amides is 1. The van der Waals surface area contributed by atoms with Gasteiger partial charge >= 0.3 is 0 Å². The van der Waals surface area contributed by atoms with Crippen molar-refractivity contribution in [3.63, 3.8) is 0 Å². The summed E-state index contributed by atoms with van der Waals surface area (Å²) >= 11 is 0. The van der Waals surface area contributed by atoms with Crippen molar-refractivity contribution in [2.75, 3.05) is 29.6 Å². The lowest BCUT2D eigenvalue weighted by molar-refractivity contribution is -0.110. The molecule has 0 radical (unpaired) electrons. The second-order valence-electron chi connectivity index (χ2n) is 11.6. The Kier molecular flexibility index (Phi) is 16.2. The Balaban J connectivity index is 2.40. The Morgan fingerprint density at radius 1 is 0.978 bits per heavy atom. The number of hydrazone groups is 1. The molecule has 11 heteroatoms. The summed E-state index contributed by atoms with van der Waals surface area (Å²) in [5.74, 6) is -0.0970. The summed E-state index contributed by atoms with van der Waals surface area (Å²) in [4.78, 5) is 24.8. The number of nitrogens with zero attached hydrogens (tertiary/aromatic N) is 3. The number of allylic oxidation sites excluding steroid dienone is 1. The number of nitrogens with two attached hydrogens (primary N) is 1. The number of nitrogens with one attached hydrogen (secondary N) is 2. The first-order valence-corrected chi connectivity index (χ1v) is 17.7. The summed E-state index contributed by atoms with van der Waals surface area (Å²) in [5, 5.41) is 16.3. The second kappa shape index (κ2) is 19.5. The standard InChI is InChI=1S/C35H50N6O4S/c1-6-10-13-27(8-3)23-41(24-28(9-4)14-11-7-2)46(44,45)33-19-17-31(18-20-33)39-40-34(26(5)29(22-36)25-42)35(43)38-32-16-12-15-30(37)21-32/h12,15-21,25,27-28,39H,6-11,13-14,23-24,37H2,1-5H3,(H,38,43)/b29-26-,40-34?. The Hall–Kier alpha value is -4.01. The van der Waals surface area contributed by atoms with Crippen LogP contribution in [-0.2, 0) is 19.6 Å². The van der Waals surface area contributed by atoms with Crippen molar-refractivity contribution >= 4 is 45.0 Å². The zero-order valence-corrected chi connectivity index (χ0v) is 28.7. The Morgan fingerprint density at radius 2 is 1.57 bits per heavy atom. The van der Waals surface area contributed by atoms with Crippen LogP contribution < -0.4 is 16.5 Å². The molecule has 0 saturated heterocycles. The molecule has 2 atom stereocenters. The van der Waals surface area contributed by atoms with Crippen LogP contribution in [0.1, 0.15) is 86.0 Å². The van der Waals surface area contributed by atoms with Gasteiger partial charge in [0.05, 0.1) is 16.2 Å². The molecule has 250 valence electrons. The molecule has 0 heterocycles. The third-order valence-corrected chi connectivity index (χ3v) is 10.0. The fraction of sp³-hybridized carbons (Fsp3) is 0.486. The number of aldehydes is 1. The van der Waals surface area contributed by atoms with Crippen LogP contribution in [-0.4, -0.2) is 43.7 Å². The SMILES string of the molecule is CCCCC(CC)CN(CC(CC)CCCC)S(=O)(=O)c1ccc(NN=C(C(=O)Nc2cccc(N)c2)/C(C)=C(/C#N)C=O)cc1. The van der Waals surface area contributed by atoms with Crippen LogP contribution in [0.2, 0.25) is 0 Å². The summed E-state index contributed by atoms with van der Waals surface area (Å²) in [5.41, 5.74) is 9.50. The number of unbranched alkanes of at least 4 members (excludes halogenated alkanes) is 2. The summed E-state index contributed by atoms with van der Waals surface area (Å²) < 4.78 is 29.7. The van der Waals surface area contributed by atoms with Crippen molar-refractivity contribution in [1.29, 1.82) is 5.26 Å². The monoisotopic (exact) mass is 650 g/mol. The average molecular weight is 651 g/mol. The van der Waals surface area contributed by atoms with Gasteiger partial charge in [-0.15, -0.1) is 0 Å². The molecule has 0 aromatic heterocycles. The zero-order valence-electron chi connectivity index (χ0n) is 27.9. The van der Waals surface area contributed by atoms with Crippen LogP contribution in [0.4, 0.5) is 17.1 Å². The van der Waals surface area contributed by atoms with Crippen LogP contribution in [0.25, 0.3) is 0 Å². The number of nitrogen functional groups attached to an aromatic ring is 1. The van der Waals surface area contributed by atoms with E-state index in [-0.39, 0.29) is 33.6 Å². The molecular weight excluding hydrogens is 600 g/mol. The van der Waals surface area contributed by atoms with Crippen molar-refractivity contribution in [2.24, 2.45) is 16.9 Å². The minimum absolute atomic E-state index is 0.0725. The normalized spacial score (nSPS) is 13.8. The molecule has 0 fully saturated rings. The van der Waals surface area contributed by atoms with Crippen molar-refractivity contribution in [1.82, 2.24) is 4.31 Å². The minimum atomic E-state index is -3.78. The Bertz CT molecular complexity index is 1480. The summed E-state index contributed by atoms with van der Waals surface area (Å²) in [6.45, 7) is 11.0. The number of sulfonamides is 1. The predicted molar refractivity (Wildman–Crippen MR) is 187 cm³/mol. The maximum absolute atomic E-state index is 14.0. The summed E-state index contributed by atoms with van der Waals surface area (Å²) in [6.07, 6.45) is 8.45. The van der Waals surface area contributed by atoms with Gasteiger partial charge < -0.3 is 11.1 Å². The first-order valence-electron chi connectivity index (χ1n) is 16.2. The minimum Gasteiger partial charge on any atom is -0.399 e. The van der Waals surface area contributed by atoms with E-state index in [2.05, 4.69) is 43.5 Å². The Labute approximate surface area is 275 Å². The smallest absolute Gasteiger partial charge is 0.276 e. The zero-order chi connectivity index (χ0) is 34.1. The molecule has 2 aromatic rings. The highest BCUT2D eigenvalue weighted by Gasteiger charge is 2.29. The van der Waals surface area contributed by atoms with Crippen LogP contribution in [0.15, 0.2) is 69.7 Å². The molecule has 46 heavy (non-hydrogen) atoms. The van der Waals surface area contributed by atoms with Crippen molar-refractivity contribution in [2.45, 2.75) is 90.9 Å². The number of hydrogen-bond donors (Lipinski definition) is 3. The van der Waals surface area contributed by atoms with Gasteiger partial charge in [0.1, 0.15) is 6.07 Å². The molecule has 10 nitrogen and oxygen atoms in total. The van der Waals surface area contributed by atoms with Gasteiger partial charge in [0.2, 0.25) is 10.0 Å². The molecule has 0 aliphatic carbocycles. The largest absolute Gasteiger partial charge is 0.399 e. The third kappa shape index (κ3) is 11.4. The molecule has 0 bridgehead atoms. The lowest BCUT2D eigenvalue weighted by atomic mass is 9.97. The molecule has 0 aliphatic heterocycles. The number of anilines is 3. The first kappa shape index (κ1) is 38.2. The van der Waals surface area contributed by atoms with Gasteiger partial charge in [-0.25, -0.2) is 8.42 Å². The van der Waals surface area contributed by atoms with Gasteiger partial charge in [-0.1, -0.05) is 72.3 Å². The van der Waals surface area contributed by atoms with Gasteiger partial charge in [-0.05, 0) is 74.1 Å². The quantitative estimate of drug-likeness (QED) is 0.0343. The highest BCUT2D eigenvalue weighted by atomic mass is 32.2. The predicted octanol–water partition coefficient (Wildman–Crippen LogP) is 7.14. The molecule has 0 aliphatic rings. The first-order chi connectivity index (χ1) is 22.0. The molecule has 1 amide bonds. The molecule has 0 saturated carbocycles. The maximum Gasteiger partial charge on any atom is 0.276 e. The highest BCUT2D eigenvalue weighted by Crippen LogP contribution is 2.26. The number of rotatable bonds is 20. The molecule has 2 rings (SSSR count).